The van der Waals surface area contributed by atoms with Crippen LogP contribution in [-0.4, -0.2) is 87.6 Å². The Morgan fingerprint density at radius 1 is 1.21 bits per heavy atom. The van der Waals surface area contributed by atoms with E-state index in [1.807, 2.05) is 0 Å². The molecule has 1 amide bonds. The van der Waals surface area contributed by atoms with Crippen LogP contribution in [0.5, 0.6) is 11.5 Å². The monoisotopic (exact) mass is 492 g/mol. The first-order valence-corrected chi connectivity index (χ1v) is 9.67. The molecule has 0 bridgehead atoms. The van der Waals surface area contributed by atoms with Crippen molar-refractivity contribution in [3.05, 3.63) is 23.3 Å². The molecule has 34 heavy (non-hydrogen) atoms. The van der Waals surface area contributed by atoms with Gasteiger partial charge in [0, 0.05) is 0 Å². The molecular formula is C18H20BF3N2O10. The van der Waals surface area contributed by atoms with Crippen LogP contribution in [0.3, 0.4) is 0 Å². The zero-order valence-corrected chi connectivity index (χ0v) is 17.3. The number of fused-ring (bicyclic) bond motifs is 1. The topological polar surface area (TPSA) is 197 Å². The smallest absolute Gasteiger partial charge is 0.522 e. The number of hydrogen-bond donors (Lipinski definition) is 5. The Bertz CT molecular complexity index is 968. The molecule has 6 N–H and O–H groups in total. The van der Waals surface area contributed by atoms with E-state index < -0.39 is 49.3 Å². The minimum atomic E-state index is -5.08. The number of aromatic carboxylic acids is 1. The molecule has 12 nitrogen and oxygen atoms in total. The van der Waals surface area contributed by atoms with Gasteiger partial charge < -0.3 is 40.4 Å². The van der Waals surface area contributed by atoms with Crippen LogP contribution in [0.1, 0.15) is 22.3 Å². The van der Waals surface area contributed by atoms with Crippen molar-refractivity contribution in [1.82, 2.24) is 4.90 Å². The molecule has 0 aliphatic carbocycles. The lowest BCUT2D eigenvalue weighted by Crippen LogP contribution is -2.57. The Kier molecular flexibility index (Phi) is 8.33. The maximum Gasteiger partial charge on any atom is 0.522 e. The molecule has 186 valence electrons. The van der Waals surface area contributed by atoms with Gasteiger partial charge in [-0.25, -0.2) is 9.59 Å². The maximum atomic E-state index is 11.9. The third kappa shape index (κ3) is 6.74. The van der Waals surface area contributed by atoms with Crippen molar-refractivity contribution in [2.45, 2.75) is 37.5 Å². The fraction of sp³-hybridized carbons (Fsp3) is 0.444. The van der Waals surface area contributed by atoms with Crippen molar-refractivity contribution in [2.75, 3.05) is 13.1 Å². The summed E-state index contributed by atoms with van der Waals surface area (Å²) in [6.45, 7) is 0.398. The van der Waals surface area contributed by atoms with Gasteiger partial charge in [-0.15, -0.1) is 0 Å². The van der Waals surface area contributed by atoms with Crippen molar-refractivity contribution in [3.63, 3.8) is 0 Å². The van der Waals surface area contributed by atoms with E-state index in [2.05, 4.69) is 0 Å². The first kappa shape index (κ1) is 26.7. The van der Waals surface area contributed by atoms with Crippen LogP contribution < -0.4 is 15.1 Å². The number of likely N-dealkylation sites (tertiary alicyclic amines) is 1. The van der Waals surface area contributed by atoms with Gasteiger partial charge in [0.05, 0.1) is 19.5 Å². The van der Waals surface area contributed by atoms with Crippen LogP contribution in [0.25, 0.3) is 0 Å². The van der Waals surface area contributed by atoms with Gasteiger partial charge in [-0.3, -0.25) is 9.59 Å². The molecule has 16 heteroatoms. The molecule has 0 spiro atoms. The second-order valence-corrected chi connectivity index (χ2v) is 7.33. The summed E-state index contributed by atoms with van der Waals surface area (Å²) in [7, 11) is -1.07. The summed E-state index contributed by atoms with van der Waals surface area (Å²) in [4.78, 5) is 44.6. The summed E-state index contributed by atoms with van der Waals surface area (Å²) < 4.78 is 42.7. The number of nitrogens with two attached hydrogens (primary N) is 1. The lowest BCUT2D eigenvalue weighted by molar-refractivity contribution is -0.192. The van der Waals surface area contributed by atoms with Crippen LogP contribution in [-0.2, 0) is 20.8 Å². The fourth-order valence-electron chi connectivity index (χ4n) is 3.01. The number of amides is 1. The van der Waals surface area contributed by atoms with E-state index >= 15 is 0 Å². The number of carbonyl (C=O) groups excluding carboxylic acids is 1. The number of aryl methyl sites for hydroxylation is 1. The van der Waals surface area contributed by atoms with Crippen molar-refractivity contribution >= 4 is 30.9 Å². The minimum absolute atomic E-state index is 0.0923. The van der Waals surface area contributed by atoms with Gasteiger partial charge in [-0.2, -0.15) is 13.2 Å². The number of hydrogen-bond acceptors (Lipinski definition) is 8. The van der Waals surface area contributed by atoms with Crippen LogP contribution in [0.4, 0.5) is 13.2 Å². The van der Waals surface area contributed by atoms with Gasteiger partial charge in [0.1, 0.15) is 29.2 Å². The summed E-state index contributed by atoms with van der Waals surface area (Å²) in [6.07, 6.45) is -4.95. The largest absolute Gasteiger partial charge is 0.535 e. The Morgan fingerprint density at radius 2 is 1.79 bits per heavy atom. The molecule has 0 saturated carbocycles. The molecule has 2 aliphatic rings. The average Bonchev–Trinajstić information content (AvgIpc) is 2.68. The van der Waals surface area contributed by atoms with Gasteiger partial charge in [0.15, 0.2) is 0 Å². The first-order chi connectivity index (χ1) is 15.7. The number of carbonyl (C=O) groups is 4. The van der Waals surface area contributed by atoms with E-state index in [0.717, 1.165) is 0 Å². The third-order valence-corrected chi connectivity index (χ3v) is 4.78. The normalized spacial score (nSPS) is 16.1. The van der Waals surface area contributed by atoms with Crippen molar-refractivity contribution in [2.24, 2.45) is 5.73 Å². The molecule has 1 fully saturated rings. The van der Waals surface area contributed by atoms with Gasteiger partial charge in [-0.1, -0.05) is 6.07 Å². The van der Waals surface area contributed by atoms with Crippen LogP contribution in [0.15, 0.2) is 12.1 Å². The molecule has 1 aromatic carbocycles. The standard InChI is InChI=1S/C16H19BN2O8.C2HF3O2/c18-10(15(21)22)5-12(20)19-6-9(7-19)26-11-2-1-8-3-4-17(25)27-14(8)13(11)16(23)24;3-2(4,5)1(6)7/h1-2,9-10,25H,3-7,18H2,(H,21,22)(H,23,24);(H,6,7). The summed E-state index contributed by atoms with van der Waals surface area (Å²) in [6, 6.07) is 1.96. The van der Waals surface area contributed by atoms with Gasteiger partial charge in [-0.05, 0) is 24.4 Å². The second kappa shape index (κ2) is 10.6. The highest BCUT2D eigenvalue weighted by Gasteiger charge is 2.38. The van der Waals surface area contributed by atoms with E-state index in [-0.39, 0.29) is 36.6 Å². The van der Waals surface area contributed by atoms with Crippen molar-refractivity contribution in [3.8, 4) is 11.5 Å². The number of ether oxygens (including phenoxy) is 1. The summed E-state index contributed by atoms with van der Waals surface area (Å²) in [5.41, 5.74) is 5.86. The second-order valence-electron chi connectivity index (χ2n) is 7.33. The zero-order valence-electron chi connectivity index (χ0n) is 17.3. The van der Waals surface area contributed by atoms with Crippen molar-refractivity contribution in [1.29, 1.82) is 0 Å². The molecule has 1 unspecified atom stereocenters. The predicted octanol–water partition coefficient (Wildman–Crippen LogP) is -0.175. The highest BCUT2D eigenvalue weighted by Crippen LogP contribution is 2.37. The van der Waals surface area contributed by atoms with E-state index in [0.29, 0.717) is 18.3 Å². The van der Waals surface area contributed by atoms with Gasteiger partial charge in [0.2, 0.25) is 5.91 Å². The molecule has 0 radical (unpaired) electrons. The predicted molar refractivity (Wildman–Crippen MR) is 105 cm³/mol. The molecule has 0 aromatic heterocycles. The average molecular weight is 492 g/mol. The Hall–Kier alpha value is -3.53. The van der Waals surface area contributed by atoms with E-state index in [1.165, 1.54) is 11.0 Å². The number of halogens is 3. The van der Waals surface area contributed by atoms with E-state index in [9.17, 15) is 37.7 Å². The Morgan fingerprint density at radius 3 is 2.29 bits per heavy atom. The third-order valence-electron chi connectivity index (χ3n) is 4.78. The number of alkyl halides is 3. The Labute approximate surface area is 189 Å². The fourth-order valence-corrected chi connectivity index (χ4v) is 3.01. The number of carboxylic acids is 3. The number of rotatable bonds is 6. The van der Waals surface area contributed by atoms with Crippen LogP contribution in [0, 0.1) is 0 Å². The SMILES string of the molecule is NC(CC(=O)N1CC(Oc2ccc3c(c2C(=O)O)OB(O)CC3)C1)C(=O)O.O=C(O)C(F)(F)F. The molecule has 1 atom stereocenters. The van der Waals surface area contributed by atoms with Gasteiger partial charge in [0.25, 0.3) is 0 Å². The molecule has 2 aliphatic heterocycles. The molecule has 1 aromatic rings. The maximum absolute atomic E-state index is 11.9. The highest BCUT2D eigenvalue weighted by molar-refractivity contribution is 6.44. The molecular weight excluding hydrogens is 472 g/mol. The lowest BCUT2D eigenvalue weighted by atomic mass is 9.78. The van der Waals surface area contributed by atoms with E-state index in [4.69, 9.17) is 30.1 Å². The number of carboxylic acid groups (broad SMARTS) is 3. The highest BCUT2D eigenvalue weighted by atomic mass is 19.4. The molecule has 1 saturated heterocycles. The number of benzene rings is 1. The lowest BCUT2D eigenvalue weighted by Gasteiger charge is -2.39. The van der Waals surface area contributed by atoms with Gasteiger partial charge >= 0.3 is 31.2 Å². The summed E-state index contributed by atoms with van der Waals surface area (Å²) in [5, 5.41) is 35.0. The quantitative estimate of drug-likeness (QED) is 0.331. The Balaban J connectivity index is 0.000000509. The molecule has 3 rings (SSSR count). The minimum Gasteiger partial charge on any atom is -0.535 e. The molecule has 2 heterocycles. The number of aliphatic carboxylic acids is 2. The van der Waals surface area contributed by atoms with E-state index in [1.54, 1.807) is 6.07 Å². The summed E-state index contributed by atoms with van der Waals surface area (Å²) >= 11 is 0. The first-order valence-electron chi connectivity index (χ1n) is 9.67. The number of nitrogens with zero attached hydrogens (tertiary/aromatic N) is 1. The van der Waals surface area contributed by atoms with Crippen LogP contribution in [0.2, 0.25) is 6.32 Å². The zero-order chi connectivity index (χ0) is 25.8. The van der Waals surface area contributed by atoms with Crippen molar-refractivity contribution < 1.29 is 62.1 Å². The van der Waals surface area contributed by atoms with Crippen LogP contribution >= 0.6 is 0 Å². The summed E-state index contributed by atoms with van der Waals surface area (Å²) in [5.74, 6) is -5.46.